The average Bonchev–Trinajstić information content (AvgIpc) is 3.38. The lowest BCUT2D eigenvalue weighted by Gasteiger charge is -2.12. The molecule has 2 N–H and O–H groups in total. The number of fused-ring (bicyclic) bond motifs is 1. The predicted octanol–water partition coefficient (Wildman–Crippen LogP) is 2.49. The molecular formula is C21H22N6O2. The molecule has 0 radical (unpaired) electrons. The van der Waals surface area contributed by atoms with Gasteiger partial charge in [-0.15, -0.1) is 5.10 Å². The van der Waals surface area contributed by atoms with Crippen LogP contribution >= 0.6 is 0 Å². The summed E-state index contributed by atoms with van der Waals surface area (Å²) < 4.78 is 3.23. The fraction of sp³-hybridized carbons (Fsp3) is 0.238. The van der Waals surface area contributed by atoms with Crippen LogP contribution < -0.4 is 10.9 Å². The van der Waals surface area contributed by atoms with Gasteiger partial charge in [0.15, 0.2) is 5.82 Å². The molecule has 0 bridgehead atoms. The molecule has 1 unspecified atom stereocenters. The highest BCUT2D eigenvalue weighted by Crippen LogP contribution is 2.18. The normalized spacial score (nSPS) is 12.2. The van der Waals surface area contributed by atoms with Crippen LogP contribution in [0.5, 0.6) is 0 Å². The van der Waals surface area contributed by atoms with Crippen molar-refractivity contribution in [2.75, 3.05) is 6.54 Å². The summed E-state index contributed by atoms with van der Waals surface area (Å²) in [5.41, 5.74) is 3.51. The third-order valence-corrected chi connectivity index (χ3v) is 5.05. The van der Waals surface area contributed by atoms with Crippen LogP contribution in [-0.4, -0.2) is 36.8 Å². The molecule has 8 nitrogen and oxygen atoms in total. The van der Waals surface area contributed by atoms with Gasteiger partial charge in [0.1, 0.15) is 5.52 Å². The van der Waals surface area contributed by atoms with E-state index in [0.29, 0.717) is 23.4 Å². The molecule has 0 fully saturated rings. The minimum Gasteiger partial charge on any atom is -0.350 e. The van der Waals surface area contributed by atoms with Gasteiger partial charge in [0.2, 0.25) is 0 Å². The van der Waals surface area contributed by atoms with Crippen molar-refractivity contribution >= 4 is 11.4 Å². The molecule has 3 heterocycles. The van der Waals surface area contributed by atoms with Gasteiger partial charge in [-0.25, -0.2) is 4.52 Å². The molecule has 0 saturated heterocycles. The van der Waals surface area contributed by atoms with Crippen LogP contribution in [0.3, 0.4) is 0 Å². The first kappa shape index (κ1) is 18.7. The second-order valence-corrected chi connectivity index (χ2v) is 7.21. The smallest absolute Gasteiger partial charge is 0.275 e. The monoisotopic (exact) mass is 390 g/mol. The molecule has 0 spiro atoms. The first-order chi connectivity index (χ1) is 13.9. The number of amides is 1. The van der Waals surface area contributed by atoms with Gasteiger partial charge in [0, 0.05) is 30.7 Å². The summed E-state index contributed by atoms with van der Waals surface area (Å²) in [6.07, 6.45) is 5.12. The van der Waals surface area contributed by atoms with Crippen molar-refractivity contribution in [2.24, 2.45) is 0 Å². The molecular weight excluding hydrogens is 368 g/mol. The predicted molar refractivity (Wildman–Crippen MR) is 110 cm³/mol. The first-order valence-electron chi connectivity index (χ1n) is 9.40. The number of benzene rings is 1. The molecule has 29 heavy (non-hydrogen) atoms. The number of rotatable bonds is 5. The molecule has 1 aromatic carbocycles. The average molecular weight is 390 g/mol. The summed E-state index contributed by atoms with van der Waals surface area (Å²) in [7, 11) is 0. The molecule has 0 aliphatic heterocycles. The third-order valence-electron chi connectivity index (χ3n) is 5.05. The van der Waals surface area contributed by atoms with E-state index in [1.54, 1.807) is 23.1 Å². The van der Waals surface area contributed by atoms with Crippen molar-refractivity contribution in [2.45, 2.75) is 26.8 Å². The Labute approximate surface area is 167 Å². The van der Waals surface area contributed by atoms with Crippen molar-refractivity contribution in [3.05, 3.63) is 76.0 Å². The first-order valence-corrected chi connectivity index (χ1v) is 9.40. The minimum atomic E-state index is -0.294. The second kappa shape index (κ2) is 7.38. The fourth-order valence-electron chi connectivity index (χ4n) is 3.13. The van der Waals surface area contributed by atoms with Gasteiger partial charge in [-0.1, -0.05) is 12.1 Å². The zero-order valence-corrected chi connectivity index (χ0v) is 16.5. The molecule has 1 atom stereocenters. The number of H-pyrrole nitrogens is 1. The van der Waals surface area contributed by atoms with Gasteiger partial charge < -0.3 is 10.3 Å². The molecule has 148 valence electrons. The number of nitrogens with one attached hydrogen (secondary N) is 2. The Morgan fingerprint density at radius 2 is 2.07 bits per heavy atom. The number of aryl methyl sites for hydroxylation is 2. The Morgan fingerprint density at radius 1 is 1.24 bits per heavy atom. The highest BCUT2D eigenvalue weighted by Gasteiger charge is 2.14. The van der Waals surface area contributed by atoms with Gasteiger partial charge in [-0.2, -0.15) is 5.10 Å². The Kier molecular flexibility index (Phi) is 4.75. The minimum absolute atomic E-state index is 0.0175. The quantitative estimate of drug-likeness (QED) is 0.547. The maximum absolute atomic E-state index is 12.5. The number of aromatic amines is 1. The number of carbonyl (C=O) groups is 1. The summed E-state index contributed by atoms with van der Waals surface area (Å²) in [6.45, 7) is 6.43. The van der Waals surface area contributed by atoms with Gasteiger partial charge in [0.05, 0.1) is 11.6 Å². The second-order valence-electron chi connectivity index (χ2n) is 7.21. The molecule has 3 aromatic heterocycles. The topological polar surface area (TPSA) is 97.1 Å². The van der Waals surface area contributed by atoms with Crippen LogP contribution in [0.15, 0.2) is 53.7 Å². The van der Waals surface area contributed by atoms with Crippen molar-refractivity contribution in [3.63, 3.8) is 0 Å². The van der Waals surface area contributed by atoms with E-state index in [4.69, 9.17) is 0 Å². The molecule has 4 rings (SSSR count). The van der Waals surface area contributed by atoms with Crippen molar-refractivity contribution in [3.8, 4) is 11.4 Å². The summed E-state index contributed by atoms with van der Waals surface area (Å²) in [5.74, 6) is 0.196. The zero-order chi connectivity index (χ0) is 20.5. The van der Waals surface area contributed by atoms with Gasteiger partial charge in [-0.05, 0) is 50.1 Å². The molecule has 0 aliphatic carbocycles. The van der Waals surface area contributed by atoms with E-state index in [-0.39, 0.29) is 17.5 Å². The van der Waals surface area contributed by atoms with Crippen LogP contribution in [-0.2, 0) is 0 Å². The van der Waals surface area contributed by atoms with Gasteiger partial charge in [-0.3, -0.25) is 14.3 Å². The molecule has 4 aromatic rings. The Hall–Kier alpha value is -3.68. The molecule has 8 heteroatoms. The number of hydrogen-bond acceptors (Lipinski definition) is 4. The Morgan fingerprint density at radius 3 is 2.79 bits per heavy atom. The number of nitrogens with zero attached hydrogens (tertiary/aromatic N) is 4. The van der Waals surface area contributed by atoms with E-state index in [9.17, 15) is 9.59 Å². The SMILES string of the molecule is Cc1ccc(-c2nn3cc(C(=O)NCC(C)n4cccn4)cc3c(=O)[nH]2)cc1C. The van der Waals surface area contributed by atoms with Crippen molar-refractivity contribution in [1.29, 1.82) is 0 Å². The highest BCUT2D eigenvalue weighted by atomic mass is 16.1. The largest absolute Gasteiger partial charge is 0.350 e. The Balaban J connectivity index is 1.58. The van der Waals surface area contributed by atoms with Crippen LogP contribution in [0.4, 0.5) is 0 Å². The molecule has 0 saturated carbocycles. The van der Waals surface area contributed by atoms with Gasteiger partial charge >= 0.3 is 0 Å². The van der Waals surface area contributed by atoms with Crippen molar-refractivity contribution < 1.29 is 4.79 Å². The van der Waals surface area contributed by atoms with E-state index >= 15 is 0 Å². The number of hydrogen-bond donors (Lipinski definition) is 2. The summed E-state index contributed by atoms with van der Waals surface area (Å²) in [4.78, 5) is 27.9. The van der Waals surface area contributed by atoms with E-state index < -0.39 is 0 Å². The lowest BCUT2D eigenvalue weighted by molar-refractivity contribution is 0.0948. The summed E-state index contributed by atoms with van der Waals surface area (Å²) >= 11 is 0. The molecule has 1 amide bonds. The van der Waals surface area contributed by atoms with Crippen LogP contribution in [0.2, 0.25) is 0 Å². The summed E-state index contributed by atoms with van der Waals surface area (Å²) in [6, 6.07) is 9.29. The number of carbonyl (C=O) groups excluding carboxylic acids is 1. The fourth-order valence-corrected chi connectivity index (χ4v) is 3.13. The van der Waals surface area contributed by atoms with E-state index in [1.807, 2.05) is 51.2 Å². The summed E-state index contributed by atoms with van der Waals surface area (Å²) in [5, 5.41) is 11.5. The van der Waals surface area contributed by atoms with Crippen LogP contribution in [0.1, 0.15) is 34.5 Å². The van der Waals surface area contributed by atoms with E-state index in [2.05, 4.69) is 20.5 Å². The maximum atomic E-state index is 12.5. The standard InChI is InChI=1S/C21H22N6O2/c1-13-5-6-16(9-14(13)2)19-24-21(29)18-10-17(12-27(18)25-19)20(28)22-11-15(3)26-8-4-7-23-26/h4-10,12,15H,11H2,1-3H3,(H,22,28)(H,24,25,29). The lowest BCUT2D eigenvalue weighted by atomic mass is 10.1. The van der Waals surface area contributed by atoms with Crippen LogP contribution in [0, 0.1) is 13.8 Å². The third kappa shape index (κ3) is 3.69. The van der Waals surface area contributed by atoms with E-state index in [1.165, 1.54) is 10.1 Å². The zero-order valence-electron chi connectivity index (χ0n) is 16.5. The van der Waals surface area contributed by atoms with E-state index in [0.717, 1.165) is 11.1 Å². The lowest BCUT2D eigenvalue weighted by Crippen LogP contribution is -2.29. The van der Waals surface area contributed by atoms with Crippen molar-refractivity contribution in [1.82, 2.24) is 29.7 Å². The number of aromatic nitrogens is 5. The van der Waals surface area contributed by atoms with Gasteiger partial charge in [0.25, 0.3) is 11.5 Å². The maximum Gasteiger partial charge on any atom is 0.275 e. The van der Waals surface area contributed by atoms with Crippen LogP contribution in [0.25, 0.3) is 16.9 Å². The Bertz CT molecular complexity index is 1240. The molecule has 0 aliphatic rings. The highest BCUT2D eigenvalue weighted by molar-refractivity contribution is 5.95.